The van der Waals surface area contributed by atoms with Crippen LogP contribution in [0.25, 0.3) is 0 Å². The predicted octanol–water partition coefficient (Wildman–Crippen LogP) is 1.39. The maximum atomic E-state index is 11.3. The van der Waals surface area contributed by atoms with Crippen LogP contribution in [0.15, 0.2) is 30.3 Å². The third kappa shape index (κ3) is 6.98. The van der Waals surface area contributed by atoms with Gasteiger partial charge in [-0.1, -0.05) is 18.2 Å². The molecular weight excluding hydrogens is 325 g/mol. The van der Waals surface area contributed by atoms with Gasteiger partial charge in [-0.05, 0) is 12.1 Å². The molecule has 0 saturated heterocycles. The summed E-state index contributed by atoms with van der Waals surface area (Å²) in [6, 6.07) is 6.96. The average molecular weight is 334 g/mol. The van der Waals surface area contributed by atoms with Crippen molar-refractivity contribution in [2.45, 2.75) is 0 Å². The Kier molecular flexibility index (Phi) is 5.08. The molecule has 19 heavy (non-hydrogen) atoms. The summed E-state index contributed by atoms with van der Waals surface area (Å²) in [6.07, 6.45) is 0. The van der Waals surface area contributed by atoms with E-state index in [0.29, 0.717) is 0 Å². The largest absolute Gasteiger partial charge is 0.536 e. The number of para-hydroxylation sites is 1. The van der Waals surface area contributed by atoms with E-state index < -0.39 is 23.5 Å². The van der Waals surface area contributed by atoms with Gasteiger partial charge in [-0.2, -0.15) is 8.62 Å². The monoisotopic (exact) mass is 334 g/mol. The van der Waals surface area contributed by atoms with Crippen molar-refractivity contribution < 1.29 is 46.4 Å². The van der Waals surface area contributed by atoms with Crippen molar-refractivity contribution in [3.8, 4) is 5.75 Å². The summed E-state index contributed by atoms with van der Waals surface area (Å²) >= 11 is 0. The predicted molar refractivity (Wildman–Crippen MR) is 60.9 cm³/mol. The zero-order chi connectivity index (χ0) is 14.7. The van der Waals surface area contributed by atoms with Crippen molar-refractivity contribution in [3.05, 3.63) is 30.3 Å². The summed E-state index contributed by atoms with van der Waals surface area (Å²) in [5.74, 6) is -0.162. The van der Waals surface area contributed by atoms with Gasteiger partial charge in [0.25, 0.3) is 0 Å². The van der Waals surface area contributed by atoms with E-state index in [4.69, 9.17) is 19.6 Å². The van der Waals surface area contributed by atoms with E-state index in [0.717, 1.165) is 0 Å². The van der Waals surface area contributed by atoms with Gasteiger partial charge in [-0.25, -0.2) is 13.7 Å². The van der Waals surface area contributed by atoms with E-state index in [1.807, 2.05) is 0 Å². The van der Waals surface area contributed by atoms with Crippen LogP contribution < -0.4 is 4.52 Å². The summed E-state index contributed by atoms with van der Waals surface area (Å²) in [7, 11) is -16.0. The fourth-order valence-electron chi connectivity index (χ4n) is 0.911. The Balaban J connectivity index is 2.77. The van der Waals surface area contributed by atoms with Gasteiger partial charge in [-0.3, -0.25) is 4.89 Å². The Morgan fingerprint density at radius 2 is 1.32 bits per heavy atom. The van der Waals surface area contributed by atoms with E-state index in [9.17, 15) is 13.7 Å². The first kappa shape index (κ1) is 16.5. The van der Waals surface area contributed by atoms with E-state index in [2.05, 4.69) is 13.1 Å². The van der Waals surface area contributed by atoms with Crippen molar-refractivity contribution in [2.75, 3.05) is 0 Å². The van der Waals surface area contributed by atoms with Gasteiger partial charge < -0.3 is 19.2 Å². The van der Waals surface area contributed by atoms with Crippen molar-refractivity contribution in [1.29, 1.82) is 0 Å². The second kappa shape index (κ2) is 5.85. The van der Waals surface area contributed by atoms with Crippen LogP contribution in [0.5, 0.6) is 5.75 Å². The second-order valence-corrected chi connectivity index (χ2v) is 7.34. The van der Waals surface area contributed by atoms with E-state index in [-0.39, 0.29) is 5.75 Å². The molecule has 10 nitrogen and oxygen atoms in total. The molecule has 0 heterocycles. The summed E-state index contributed by atoms with van der Waals surface area (Å²) in [6.45, 7) is 0. The fourth-order valence-corrected chi connectivity index (χ4v) is 3.94. The molecule has 0 fully saturated rings. The van der Waals surface area contributed by atoms with Gasteiger partial charge in [0.1, 0.15) is 5.75 Å². The molecular formula is C6H9O10P3. The van der Waals surface area contributed by atoms with Crippen LogP contribution in [0.1, 0.15) is 0 Å². The quantitative estimate of drug-likeness (QED) is 0.560. The first-order valence-corrected chi connectivity index (χ1v) is 8.90. The molecule has 0 aromatic heterocycles. The molecule has 1 rings (SSSR count). The molecule has 108 valence electrons. The Bertz CT molecular complexity index is 564. The third-order valence-corrected chi connectivity index (χ3v) is 5.15. The lowest BCUT2D eigenvalue weighted by atomic mass is 10.3. The second-order valence-electron chi connectivity index (χ2n) is 3.00. The molecule has 0 spiro atoms. The molecule has 0 bridgehead atoms. The summed E-state index contributed by atoms with van der Waals surface area (Å²) in [4.78, 5) is 34.6. The number of rotatable bonds is 6. The highest BCUT2D eigenvalue weighted by molar-refractivity contribution is 7.66. The van der Waals surface area contributed by atoms with Gasteiger partial charge in [0, 0.05) is 0 Å². The first-order valence-electron chi connectivity index (χ1n) is 4.38. The molecule has 1 aromatic carbocycles. The molecule has 2 atom stereocenters. The topological polar surface area (TPSA) is 160 Å². The van der Waals surface area contributed by atoms with Gasteiger partial charge >= 0.3 is 23.5 Å². The molecule has 13 heteroatoms. The van der Waals surface area contributed by atoms with E-state index in [1.165, 1.54) is 24.3 Å². The molecule has 4 N–H and O–H groups in total. The fraction of sp³-hybridized carbons (Fsp3) is 0. The smallest absolute Gasteiger partial charge is 0.404 e. The number of phosphoric acid groups is 3. The van der Waals surface area contributed by atoms with Crippen molar-refractivity contribution >= 4 is 23.5 Å². The maximum absolute atomic E-state index is 11.3. The summed E-state index contributed by atoms with van der Waals surface area (Å²) in [5, 5.41) is 0. The first-order chi connectivity index (χ1) is 8.49. The molecule has 2 unspecified atom stereocenters. The van der Waals surface area contributed by atoms with Crippen molar-refractivity contribution in [2.24, 2.45) is 0 Å². The van der Waals surface area contributed by atoms with E-state index in [1.54, 1.807) is 6.07 Å². The summed E-state index contributed by atoms with van der Waals surface area (Å²) < 4.78 is 44.1. The molecule has 0 aliphatic heterocycles. The SMILES string of the molecule is O=P(O)(O)OP(=O)(O)OP(=O)(O)Oc1ccccc1. The Morgan fingerprint density at radius 3 is 1.79 bits per heavy atom. The van der Waals surface area contributed by atoms with Crippen LogP contribution in [0.2, 0.25) is 0 Å². The normalized spacial score (nSPS) is 18.3. The van der Waals surface area contributed by atoms with Crippen LogP contribution in [-0.4, -0.2) is 19.6 Å². The minimum absolute atomic E-state index is 0.162. The van der Waals surface area contributed by atoms with Crippen LogP contribution in [-0.2, 0) is 22.3 Å². The van der Waals surface area contributed by atoms with Crippen LogP contribution in [0.4, 0.5) is 0 Å². The number of hydrogen-bond acceptors (Lipinski definition) is 6. The van der Waals surface area contributed by atoms with Gasteiger partial charge in [-0.15, -0.1) is 0 Å². The van der Waals surface area contributed by atoms with Crippen molar-refractivity contribution in [3.63, 3.8) is 0 Å². The van der Waals surface area contributed by atoms with Crippen LogP contribution >= 0.6 is 23.5 Å². The van der Waals surface area contributed by atoms with Crippen LogP contribution in [0, 0.1) is 0 Å². The van der Waals surface area contributed by atoms with E-state index >= 15 is 0 Å². The zero-order valence-electron chi connectivity index (χ0n) is 8.97. The lowest BCUT2D eigenvalue weighted by Gasteiger charge is -2.16. The van der Waals surface area contributed by atoms with Gasteiger partial charge in [0.15, 0.2) is 0 Å². The third-order valence-electron chi connectivity index (χ3n) is 1.38. The van der Waals surface area contributed by atoms with Crippen molar-refractivity contribution in [1.82, 2.24) is 0 Å². The number of phosphoric ester groups is 1. The molecule has 0 amide bonds. The lowest BCUT2D eigenvalue weighted by molar-refractivity contribution is 0.207. The zero-order valence-corrected chi connectivity index (χ0v) is 11.7. The van der Waals surface area contributed by atoms with Gasteiger partial charge in [0.2, 0.25) is 0 Å². The Labute approximate surface area is 107 Å². The number of hydrogen-bond donors (Lipinski definition) is 4. The summed E-state index contributed by atoms with van der Waals surface area (Å²) in [5.41, 5.74) is 0. The standard InChI is InChI=1S/C6H9O10P3/c7-17(8,9)15-19(12,13)16-18(10,11)14-6-4-2-1-3-5-6/h1-5H,(H,10,11)(H,12,13)(H2,7,8,9). The molecule has 0 aliphatic carbocycles. The average Bonchev–Trinajstić information content (AvgIpc) is 2.11. The number of benzene rings is 1. The maximum Gasteiger partial charge on any atom is 0.536 e. The van der Waals surface area contributed by atoms with Crippen LogP contribution in [0.3, 0.4) is 0 Å². The Morgan fingerprint density at radius 1 is 0.789 bits per heavy atom. The lowest BCUT2D eigenvalue weighted by Crippen LogP contribution is -1.98. The molecule has 1 aromatic rings. The molecule has 0 radical (unpaired) electrons. The molecule has 0 saturated carbocycles. The minimum atomic E-state index is -5.47. The highest BCUT2D eigenvalue weighted by Gasteiger charge is 2.41. The minimum Gasteiger partial charge on any atom is -0.404 e. The molecule has 0 aliphatic rings. The highest BCUT2D eigenvalue weighted by Crippen LogP contribution is 2.65. The Hall–Kier alpha value is -0.530. The van der Waals surface area contributed by atoms with Gasteiger partial charge in [0.05, 0.1) is 0 Å². The highest BCUT2D eigenvalue weighted by atomic mass is 31.3.